The molecular weight excluding hydrogens is 226 g/mol. The summed E-state index contributed by atoms with van der Waals surface area (Å²) in [7, 11) is 0.0263. The van der Waals surface area contributed by atoms with Crippen LogP contribution in [0.15, 0.2) is 28.5 Å². The van der Waals surface area contributed by atoms with E-state index in [1.807, 2.05) is 0 Å². The molecule has 1 aliphatic heterocycles. The van der Waals surface area contributed by atoms with Crippen LogP contribution in [-0.2, 0) is 9.84 Å². The Bertz CT molecular complexity index is 546. The SMILES string of the molecule is CNCC1=CS(=O)(=O)c2cccc(OC)c21. The summed E-state index contributed by atoms with van der Waals surface area (Å²) in [6.45, 7) is 0.507. The molecule has 1 aliphatic rings. The fraction of sp³-hybridized carbons (Fsp3) is 0.273. The monoisotopic (exact) mass is 239 g/mol. The van der Waals surface area contributed by atoms with Crippen LogP contribution in [0.4, 0.5) is 0 Å². The molecule has 0 aromatic heterocycles. The maximum absolute atomic E-state index is 11.8. The van der Waals surface area contributed by atoms with Crippen LogP contribution >= 0.6 is 0 Å². The van der Waals surface area contributed by atoms with Crippen LogP contribution in [0.5, 0.6) is 5.75 Å². The molecule has 16 heavy (non-hydrogen) atoms. The van der Waals surface area contributed by atoms with E-state index in [0.29, 0.717) is 22.8 Å². The molecule has 5 heteroatoms. The molecule has 0 atom stereocenters. The molecule has 0 spiro atoms. The highest BCUT2D eigenvalue weighted by atomic mass is 32.2. The molecule has 0 amide bonds. The van der Waals surface area contributed by atoms with Gasteiger partial charge in [-0.15, -0.1) is 0 Å². The average molecular weight is 239 g/mol. The van der Waals surface area contributed by atoms with Crippen molar-refractivity contribution in [1.82, 2.24) is 5.32 Å². The van der Waals surface area contributed by atoms with Gasteiger partial charge in [-0.05, 0) is 24.8 Å². The summed E-state index contributed by atoms with van der Waals surface area (Å²) in [5, 5.41) is 4.25. The number of methoxy groups -OCH3 is 1. The van der Waals surface area contributed by atoms with E-state index in [1.54, 1.807) is 25.2 Å². The smallest absolute Gasteiger partial charge is 0.200 e. The molecule has 1 aromatic carbocycles. The summed E-state index contributed by atoms with van der Waals surface area (Å²) in [4.78, 5) is 0.331. The lowest BCUT2D eigenvalue weighted by atomic mass is 10.1. The topological polar surface area (TPSA) is 55.4 Å². The molecule has 0 bridgehead atoms. The lowest BCUT2D eigenvalue weighted by molar-refractivity contribution is 0.412. The summed E-state index contributed by atoms with van der Waals surface area (Å²) in [6.07, 6.45) is 0. The summed E-state index contributed by atoms with van der Waals surface area (Å²) in [5.41, 5.74) is 1.43. The first-order chi connectivity index (χ1) is 7.60. The van der Waals surface area contributed by atoms with Crippen LogP contribution in [0, 0.1) is 0 Å². The zero-order valence-corrected chi connectivity index (χ0v) is 9.97. The van der Waals surface area contributed by atoms with Gasteiger partial charge in [0.1, 0.15) is 5.75 Å². The molecule has 4 nitrogen and oxygen atoms in total. The molecule has 2 rings (SSSR count). The molecule has 1 heterocycles. The number of hydrogen-bond acceptors (Lipinski definition) is 4. The summed E-state index contributed by atoms with van der Waals surface area (Å²) >= 11 is 0. The Hall–Kier alpha value is -1.33. The Balaban J connectivity index is 2.67. The first-order valence-corrected chi connectivity index (χ1v) is 6.42. The van der Waals surface area contributed by atoms with E-state index in [-0.39, 0.29) is 0 Å². The second-order valence-electron chi connectivity index (χ2n) is 3.55. The van der Waals surface area contributed by atoms with Gasteiger partial charge in [0.15, 0.2) is 0 Å². The molecule has 0 unspecified atom stereocenters. The minimum atomic E-state index is -3.29. The number of likely N-dealkylation sites (N-methyl/N-ethyl adjacent to an activating group) is 1. The third-order valence-corrected chi connectivity index (χ3v) is 4.05. The lowest BCUT2D eigenvalue weighted by Crippen LogP contribution is -2.09. The highest BCUT2D eigenvalue weighted by molar-refractivity contribution is 7.95. The van der Waals surface area contributed by atoms with E-state index in [0.717, 1.165) is 5.57 Å². The van der Waals surface area contributed by atoms with Crippen LogP contribution in [0.25, 0.3) is 5.57 Å². The van der Waals surface area contributed by atoms with Gasteiger partial charge in [0.05, 0.1) is 12.0 Å². The van der Waals surface area contributed by atoms with Crippen molar-refractivity contribution in [2.45, 2.75) is 4.90 Å². The number of rotatable bonds is 3. The van der Waals surface area contributed by atoms with Gasteiger partial charge in [0.2, 0.25) is 9.84 Å². The molecule has 0 fully saturated rings. The second kappa shape index (κ2) is 3.92. The minimum Gasteiger partial charge on any atom is -0.496 e. The largest absolute Gasteiger partial charge is 0.496 e. The van der Waals surface area contributed by atoms with Gasteiger partial charge in [0.25, 0.3) is 0 Å². The van der Waals surface area contributed by atoms with Crippen molar-refractivity contribution in [3.63, 3.8) is 0 Å². The second-order valence-corrected chi connectivity index (χ2v) is 5.32. The predicted molar refractivity (Wildman–Crippen MR) is 62.1 cm³/mol. The normalized spacial score (nSPS) is 16.8. The zero-order chi connectivity index (χ0) is 11.8. The highest BCUT2D eigenvalue weighted by Crippen LogP contribution is 2.38. The van der Waals surface area contributed by atoms with Crippen LogP contribution < -0.4 is 10.1 Å². The molecule has 0 radical (unpaired) electrons. The van der Waals surface area contributed by atoms with Crippen LogP contribution in [0.1, 0.15) is 5.56 Å². The maximum Gasteiger partial charge on any atom is 0.200 e. The number of sulfone groups is 1. The molecule has 1 aromatic rings. The molecule has 1 N–H and O–H groups in total. The molecule has 0 saturated heterocycles. The number of nitrogens with one attached hydrogen (secondary N) is 1. The van der Waals surface area contributed by atoms with Gasteiger partial charge in [-0.3, -0.25) is 0 Å². The Kier molecular flexibility index (Phi) is 2.73. The van der Waals surface area contributed by atoms with E-state index < -0.39 is 9.84 Å². The zero-order valence-electron chi connectivity index (χ0n) is 9.15. The molecule has 0 aliphatic carbocycles. The number of hydrogen-bond donors (Lipinski definition) is 1. The number of ether oxygens (including phenoxy) is 1. The van der Waals surface area contributed by atoms with Crippen molar-refractivity contribution < 1.29 is 13.2 Å². The number of benzene rings is 1. The van der Waals surface area contributed by atoms with E-state index in [1.165, 1.54) is 12.5 Å². The van der Waals surface area contributed by atoms with Crippen LogP contribution in [0.3, 0.4) is 0 Å². The predicted octanol–water partition coefficient (Wildman–Crippen LogP) is 1.04. The van der Waals surface area contributed by atoms with Gasteiger partial charge in [-0.25, -0.2) is 8.42 Å². The average Bonchev–Trinajstić information content (AvgIpc) is 2.51. The molecule has 0 saturated carbocycles. The Labute approximate surface area is 94.8 Å². The molecular formula is C11H13NO3S. The minimum absolute atomic E-state index is 0.331. The van der Waals surface area contributed by atoms with Gasteiger partial charge in [-0.1, -0.05) is 6.07 Å². The van der Waals surface area contributed by atoms with E-state index >= 15 is 0 Å². The van der Waals surface area contributed by atoms with Gasteiger partial charge in [0, 0.05) is 17.5 Å². The van der Waals surface area contributed by atoms with Crippen molar-refractivity contribution in [3.05, 3.63) is 29.2 Å². The van der Waals surface area contributed by atoms with Crippen molar-refractivity contribution in [2.24, 2.45) is 0 Å². The summed E-state index contributed by atoms with van der Waals surface area (Å²) in [5.74, 6) is 0.597. The quantitative estimate of drug-likeness (QED) is 0.856. The van der Waals surface area contributed by atoms with Gasteiger partial charge >= 0.3 is 0 Å². The first kappa shape index (κ1) is 11.2. The first-order valence-electron chi connectivity index (χ1n) is 4.88. The van der Waals surface area contributed by atoms with E-state index in [2.05, 4.69) is 5.32 Å². The maximum atomic E-state index is 11.8. The van der Waals surface area contributed by atoms with Crippen molar-refractivity contribution in [3.8, 4) is 5.75 Å². The highest BCUT2D eigenvalue weighted by Gasteiger charge is 2.29. The number of fused-ring (bicyclic) bond motifs is 1. The van der Waals surface area contributed by atoms with Crippen LogP contribution in [0.2, 0.25) is 0 Å². The van der Waals surface area contributed by atoms with Crippen molar-refractivity contribution in [1.29, 1.82) is 0 Å². The third kappa shape index (κ3) is 1.62. The van der Waals surface area contributed by atoms with Crippen LogP contribution in [-0.4, -0.2) is 29.1 Å². The summed E-state index contributed by atoms with van der Waals surface area (Å²) in [6, 6.07) is 5.06. The van der Waals surface area contributed by atoms with Crippen molar-refractivity contribution >= 4 is 15.4 Å². The standard InChI is InChI=1S/C11H13NO3S/c1-12-6-8-7-16(13,14)10-5-3-4-9(15-2)11(8)10/h3-5,7,12H,6H2,1-2H3. The Morgan fingerprint density at radius 3 is 2.75 bits per heavy atom. The Morgan fingerprint density at radius 2 is 2.12 bits per heavy atom. The lowest BCUT2D eigenvalue weighted by Gasteiger charge is -2.09. The van der Waals surface area contributed by atoms with E-state index in [9.17, 15) is 8.42 Å². The fourth-order valence-corrected chi connectivity index (χ4v) is 3.35. The van der Waals surface area contributed by atoms with Gasteiger partial charge in [-0.2, -0.15) is 0 Å². The third-order valence-electron chi connectivity index (χ3n) is 2.50. The van der Waals surface area contributed by atoms with Crippen molar-refractivity contribution in [2.75, 3.05) is 20.7 Å². The Morgan fingerprint density at radius 1 is 1.38 bits per heavy atom. The molecule has 86 valence electrons. The summed E-state index contributed by atoms with van der Waals surface area (Å²) < 4.78 is 28.9. The van der Waals surface area contributed by atoms with Gasteiger partial charge < -0.3 is 10.1 Å². The van der Waals surface area contributed by atoms with E-state index in [4.69, 9.17) is 4.74 Å². The fourth-order valence-electron chi connectivity index (χ4n) is 1.86.